The first-order valence-corrected chi connectivity index (χ1v) is 10.4. The molecule has 2 amide bonds. The average Bonchev–Trinajstić information content (AvgIpc) is 2.95. The van der Waals surface area contributed by atoms with Gasteiger partial charge in [0, 0.05) is 10.7 Å². The number of rotatable bonds is 4. The fourth-order valence-corrected chi connectivity index (χ4v) is 4.00. The maximum atomic E-state index is 13.6. The SMILES string of the molecule is Cc1ccc(C2=C(Nc3cccc(Cl)c3C)C(=O)N(c3cc(C)cc(C)c3)C2=O)cc1. The molecule has 0 atom stereocenters. The summed E-state index contributed by atoms with van der Waals surface area (Å²) in [6.45, 7) is 7.75. The van der Waals surface area contributed by atoms with E-state index < -0.39 is 0 Å². The second-order valence-corrected chi connectivity index (χ2v) is 8.35. The van der Waals surface area contributed by atoms with E-state index in [0.717, 1.165) is 22.3 Å². The first kappa shape index (κ1) is 20.9. The Hall–Kier alpha value is -3.37. The summed E-state index contributed by atoms with van der Waals surface area (Å²) in [7, 11) is 0. The van der Waals surface area contributed by atoms with E-state index in [1.54, 1.807) is 6.07 Å². The molecule has 0 saturated carbocycles. The number of imide groups is 1. The van der Waals surface area contributed by atoms with Gasteiger partial charge in [0.05, 0.1) is 11.3 Å². The van der Waals surface area contributed by atoms with Crippen molar-refractivity contribution in [3.05, 3.63) is 99.2 Å². The molecule has 0 aliphatic carbocycles. The Bertz CT molecular complexity index is 1220. The van der Waals surface area contributed by atoms with Crippen molar-refractivity contribution in [2.24, 2.45) is 0 Å². The van der Waals surface area contributed by atoms with E-state index >= 15 is 0 Å². The highest BCUT2D eigenvalue weighted by molar-refractivity contribution is 6.46. The topological polar surface area (TPSA) is 49.4 Å². The van der Waals surface area contributed by atoms with Crippen LogP contribution >= 0.6 is 11.6 Å². The van der Waals surface area contributed by atoms with E-state index in [9.17, 15) is 9.59 Å². The van der Waals surface area contributed by atoms with Gasteiger partial charge in [-0.15, -0.1) is 0 Å². The van der Waals surface area contributed by atoms with Crippen molar-refractivity contribution in [3.8, 4) is 0 Å². The molecule has 0 radical (unpaired) electrons. The number of aryl methyl sites for hydroxylation is 3. The highest BCUT2D eigenvalue weighted by atomic mass is 35.5. The van der Waals surface area contributed by atoms with Gasteiger partial charge in [0.2, 0.25) is 0 Å². The van der Waals surface area contributed by atoms with Gasteiger partial charge in [-0.3, -0.25) is 9.59 Å². The predicted octanol–water partition coefficient (Wildman–Crippen LogP) is 5.97. The quantitative estimate of drug-likeness (QED) is 0.518. The highest BCUT2D eigenvalue weighted by Crippen LogP contribution is 2.35. The first-order valence-electron chi connectivity index (χ1n) is 10.1. The van der Waals surface area contributed by atoms with Crippen LogP contribution in [0.2, 0.25) is 5.02 Å². The minimum absolute atomic E-state index is 0.248. The summed E-state index contributed by atoms with van der Waals surface area (Å²) in [4.78, 5) is 28.3. The van der Waals surface area contributed by atoms with Crippen molar-refractivity contribution < 1.29 is 9.59 Å². The Labute approximate surface area is 187 Å². The second-order valence-electron chi connectivity index (χ2n) is 7.95. The Kier molecular flexibility index (Phi) is 5.42. The zero-order valence-electron chi connectivity index (χ0n) is 17.9. The van der Waals surface area contributed by atoms with Crippen LogP contribution in [-0.4, -0.2) is 11.8 Å². The van der Waals surface area contributed by atoms with Crippen molar-refractivity contribution in [2.75, 3.05) is 10.2 Å². The monoisotopic (exact) mass is 430 g/mol. The third-order valence-electron chi connectivity index (χ3n) is 5.42. The predicted molar refractivity (Wildman–Crippen MR) is 126 cm³/mol. The molecule has 1 aliphatic heterocycles. The summed E-state index contributed by atoms with van der Waals surface area (Å²) in [6, 6.07) is 18.8. The lowest BCUT2D eigenvalue weighted by Crippen LogP contribution is -2.32. The number of carbonyl (C=O) groups excluding carboxylic acids is 2. The number of anilines is 2. The summed E-state index contributed by atoms with van der Waals surface area (Å²) < 4.78 is 0. The van der Waals surface area contributed by atoms with Crippen molar-refractivity contribution >= 4 is 40.4 Å². The third-order valence-corrected chi connectivity index (χ3v) is 5.83. The molecule has 3 aromatic rings. The molecule has 0 saturated heterocycles. The molecule has 1 heterocycles. The molecule has 31 heavy (non-hydrogen) atoms. The van der Waals surface area contributed by atoms with Gasteiger partial charge in [-0.05, 0) is 74.2 Å². The van der Waals surface area contributed by atoms with Crippen molar-refractivity contribution in [2.45, 2.75) is 27.7 Å². The lowest BCUT2D eigenvalue weighted by atomic mass is 10.0. The average molecular weight is 431 g/mol. The van der Waals surface area contributed by atoms with Crippen LogP contribution in [0.25, 0.3) is 5.57 Å². The van der Waals surface area contributed by atoms with Crippen LogP contribution in [0.1, 0.15) is 27.8 Å². The van der Waals surface area contributed by atoms with E-state index in [0.29, 0.717) is 27.5 Å². The number of nitrogens with one attached hydrogen (secondary N) is 1. The van der Waals surface area contributed by atoms with Gasteiger partial charge in [-0.2, -0.15) is 0 Å². The normalized spacial score (nSPS) is 13.9. The third kappa shape index (κ3) is 3.87. The van der Waals surface area contributed by atoms with Crippen LogP contribution < -0.4 is 10.2 Å². The number of carbonyl (C=O) groups is 2. The van der Waals surface area contributed by atoms with Crippen LogP contribution in [-0.2, 0) is 9.59 Å². The molecule has 4 nitrogen and oxygen atoms in total. The van der Waals surface area contributed by atoms with Crippen molar-refractivity contribution in [1.29, 1.82) is 0 Å². The molecular weight excluding hydrogens is 408 g/mol. The summed E-state index contributed by atoms with van der Waals surface area (Å²) in [5.41, 5.74) is 6.41. The van der Waals surface area contributed by atoms with Crippen LogP contribution in [0.15, 0.2) is 66.4 Å². The molecule has 0 spiro atoms. The van der Waals surface area contributed by atoms with Gasteiger partial charge < -0.3 is 5.32 Å². The number of benzene rings is 3. The standard InChI is InChI=1S/C26H23ClN2O2/c1-15-8-10-19(11-9-15)23-24(28-22-7-5-6-21(27)18(22)4)26(31)29(25(23)30)20-13-16(2)12-17(3)14-20/h5-14,28H,1-4H3. The van der Waals surface area contributed by atoms with Crippen molar-refractivity contribution in [3.63, 3.8) is 0 Å². The van der Waals surface area contributed by atoms with Gasteiger partial charge in [0.25, 0.3) is 11.8 Å². The molecule has 0 unspecified atom stereocenters. The zero-order valence-corrected chi connectivity index (χ0v) is 18.7. The number of hydrogen-bond donors (Lipinski definition) is 1. The Morgan fingerprint density at radius 3 is 2.06 bits per heavy atom. The molecule has 3 aromatic carbocycles. The van der Waals surface area contributed by atoms with Gasteiger partial charge in [0.15, 0.2) is 0 Å². The fourth-order valence-electron chi connectivity index (χ4n) is 3.83. The summed E-state index contributed by atoms with van der Waals surface area (Å²) in [6.07, 6.45) is 0. The Morgan fingerprint density at radius 2 is 1.42 bits per heavy atom. The van der Waals surface area contributed by atoms with Crippen molar-refractivity contribution in [1.82, 2.24) is 0 Å². The second kappa shape index (κ2) is 8.05. The molecular formula is C26H23ClN2O2. The largest absolute Gasteiger partial charge is 0.350 e. The van der Waals surface area contributed by atoms with E-state index in [1.807, 2.05) is 82.3 Å². The van der Waals surface area contributed by atoms with Crippen LogP contribution in [0.4, 0.5) is 11.4 Å². The molecule has 4 rings (SSSR count). The van der Waals surface area contributed by atoms with Gasteiger partial charge >= 0.3 is 0 Å². The Morgan fingerprint density at radius 1 is 0.774 bits per heavy atom. The summed E-state index contributed by atoms with van der Waals surface area (Å²) in [5, 5.41) is 3.79. The number of hydrogen-bond acceptors (Lipinski definition) is 3. The molecule has 0 bridgehead atoms. The molecule has 1 aliphatic rings. The summed E-state index contributed by atoms with van der Waals surface area (Å²) in [5.74, 6) is -0.731. The van der Waals surface area contributed by atoms with Gasteiger partial charge in [0.1, 0.15) is 5.70 Å². The molecule has 0 aromatic heterocycles. The fraction of sp³-hybridized carbons (Fsp3) is 0.154. The maximum Gasteiger partial charge on any atom is 0.282 e. The Balaban J connectivity index is 1.86. The maximum absolute atomic E-state index is 13.6. The minimum atomic E-state index is -0.384. The van der Waals surface area contributed by atoms with E-state index in [2.05, 4.69) is 5.32 Å². The lowest BCUT2D eigenvalue weighted by molar-refractivity contribution is -0.120. The van der Waals surface area contributed by atoms with Crippen LogP contribution in [0.5, 0.6) is 0 Å². The van der Waals surface area contributed by atoms with E-state index in [4.69, 9.17) is 11.6 Å². The van der Waals surface area contributed by atoms with Gasteiger partial charge in [-0.1, -0.05) is 53.6 Å². The van der Waals surface area contributed by atoms with Gasteiger partial charge in [-0.25, -0.2) is 4.90 Å². The summed E-state index contributed by atoms with van der Waals surface area (Å²) >= 11 is 6.28. The lowest BCUT2D eigenvalue weighted by Gasteiger charge is -2.17. The highest BCUT2D eigenvalue weighted by Gasteiger charge is 2.40. The number of halogens is 1. The number of nitrogens with zero attached hydrogens (tertiary/aromatic N) is 1. The molecule has 5 heteroatoms. The first-order chi connectivity index (χ1) is 14.8. The van der Waals surface area contributed by atoms with E-state index in [1.165, 1.54) is 4.90 Å². The van der Waals surface area contributed by atoms with E-state index in [-0.39, 0.29) is 17.5 Å². The zero-order chi connectivity index (χ0) is 22.3. The number of amides is 2. The minimum Gasteiger partial charge on any atom is -0.350 e. The van der Waals surface area contributed by atoms with Crippen LogP contribution in [0, 0.1) is 27.7 Å². The molecule has 1 N–H and O–H groups in total. The smallest absolute Gasteiger partial charge is 0.282 e. The molecule has 156 valence electrons. The van der Waals surface area contributed by atoms with Crippen LogP contribution in [0.3, 0.4) is 0 Å². The molecule has 0 fully saturated rings.